The van der Waals surface area contributed by atoms with Gasteiger partial charge in [0.2, 0.25) is 5.88 Å². The Kier molecular flexibility index (Phi) is 4.16. The van der Waals surface area contributed by atoms with E-state index in [0.29, 0.717) is 31.0 Å². The van der Waals surface area contributed by atoms with E-state index in [-0.39, 0.29) is 17.6 Å². The lowest BCUT2D eigenvalue weighted by atomic mass is 10.1. The molecule has 2 aromatic heterocycles. The third-order valence-electron chi connectivity index (χ3n) is 4.45. The van der Waals surface area contributed by atoms with E-state index in [1.807, 2.05) is 31.2 Å². The zero-order valence-electron chi connectivity index (χ0n) is 14.3. The van der Waals surface area contributed by atoms with Crippen LogP contribution in [0.1, 0.15) is 22.5 Å². The summed E-state index contributed by atoms with van der Waals surface area (Å²) in [4.78, 5) is 30.9. The number of fused-ring (bicyclic) bond motifs is 1. The SMILES string of the molecule is Cc1cccc(OC2CCN(C(=O)c3cc4ccccc4oc3=O)C2)n1. The lowest BCUT2D eigenvalue weighted by Crippen LogP contribution is -2.33. The average Bonchev–Trinajstić information content (AvgIpc) is 3.09. The van der Waals surface area contributed by atoms with Gasteiger partial charge in [0.05, 0.1) is 6.54 Å². The normalized spacial score (nSPS) is 16.8. The van der Waals surface area contributed by atoms with E-state index >= 15 is 0 Å². The van der Waals surface area contributed by atoms with Crippen LogP contribution in [0.25, 0.3) is 11.0 Å². The molecule has 6 nitrogen and oxygen atoms in total. The van der Waals surface area contributed by atoms with Crippen molar-refractivity contribution in [2.24, 2.45) is 0 Å². The molecule has 1 amide bonds. The van der Waals surface area contributed by atoms with E-state index in [4.69, 9.17) is 9.15 Å². The highest BCUT2D eigenvalue weighted by molar-refractivity contribution is 5.96. The standard InChI is InChI=1S/C20H18N2O4/c1-13-5-4-8-18(21-13)25-15-9-10-22(12-15)19(23)16-11-14-6-2-3-7-17(14)26-20(16)24/h2-8,11,15H,9-10,12H2,1H3. The third-order valence-corrected chi connectivity index (χ3v) is 4.45. The van der Waals surface area contributed by atoms with Gasteiger partial charge in [-0.2, -0.15) is 0 Å². The van der Waals surface area contributed by atoms with E-state index in [2.05, 4.69) is 4.98 Å². The molecule has 1 aromatic carbocycles. The Hall–Kier alpha value is -3.15. The minimum atomic E-state index is -0.613. The fraction of sp³-hybridized carbons (Fsp3) is 0.250. The number of likely N-dealkylation sites (tertiary alicyclic amines) is 1. The van der Waals surface area contributed by atoms with Gasteiger partial charge in [0.15, 0.2) is 0 Å². The number of rotatable bonds is 3. The van der Waals surface area contributed by atoms with E-state index in [1.165, 1.54) is 0 Å². The minimum Gasteiger partial charge on any atom is -0.472 e. The van der Waals surface area contributed by atoms with Gasteiger partial charge in [0, 0.05) is 30.1 Å². The number of carbonyl (C=O) groups excluding carboxylic acids is 1. The van der Waals surface area contributed by atoms with E-state index in [0.717, 1.165) is 11.1 Å². The van der Waals surface area contributed by atoms with Gasteiger partial charge in [-0.05, 0) is 25.1 Å². The average molecular weight is 350 g/mol. The van der Waals surface area contributed by atoms with Gasteiger partial charge in [-0.25, -0.2) is 9.78 Å². The molecule has 1 aliphatic rings. The first-order valence-corrected chi connectivity index (χ1v) is 8.52. The Balaban J connectivity index is 1.51. The summed E-state index contributed by atoms with van der Waals surface area (Å²) in [5, 5.41) is 0.728. The summed E-state index contributed by atoms with van der Waals surface area (Å²) < 4.78 is 11.1. The number of pyridine rings is 1. The summed E-state index contributed by atoms with van der Waals surface area (Å²) >= 11 is 0. The molecule has 132 valence electrons. The topological polar surface area (TPSA) is 72.6 Å². The molecule has 1 aliphatic heterocycles. The number of ether oxygens (including phenoxy) is 1. The zero-order valence-corrected chi connectivity index (χ0v) is 14.3. The van der Waals surface area contributed by atoms with E-state index in [9.17, 15) is 9.59 Å². The maximum Gasteiger partial charge on any atom is 0.349 e. The van der Waals surface area contributed by atoms with Crippen LogP contribution in [0.2, 0.25) is 0 Å². The van der Waals surface area contributed by atoms with E-state index < -0.39 is 5.63 Å². The highest BCUT2D eigenvalue weighted by atomic mass is 16.5. The Morgan fingerprint density at radius 2 is 2.08 bits per heavy atom. The summed E-state index contributed by atoms with van der Waals surface area (Å²) in [6.45, 7) is 2.85. The molecule has 0 aliphatic carbocycles. The molecule has 3 aromatic rings. The molecular weight excluding hydrogens is 332 g/mol. The second kappa shape index (κ2) is 6.63. The number of carbonyl (C=O) groups is 1. The molecule has 0 spiro atoms. The van der Waals surface area contributed by atoms with Gasteiger partial charge in [0.1, 0.15) is 17.3 Å². The molecule has 0 bridgehead atoms. The molecule has 1 fully saturated rings. The number of amides is 1. The second-order valence-electron chi connectivity index (χ2n) is 6.38. The fourth-order valence-corrected chi connectivity index (χ4v) is 3.14. The van der Waals surface area contributed by atoms with Crippen molar-refractivity contribution in [2.75, 3.05) is 13.1 Å². The summed E-state index contributed by atoms with van der Waals surface area (Å²) in [6, 6.07) is 14.3. The van der Waals surface area contributed by atoms with Gasteiger partial charge in [-0.15, -0.1) is 0 Å². The molecule has 0 saturated carbocycles. The third kappa shape index (κ3) is 3.18. The van der Waals surface area contributed by atoms with Crippen molar-refractivity contribution in [3.05, 3.63) is 70.2 Å². The number of para-hydroxylation sites is 1. The van der Waals surface area contributed by atoms with Crippen LogP contribution in [0, 0.1) is 6.92 Å². The van der Waals surface area contributed by atoms with Gasteiger partial charge in [-0.3, -0.25) is 4.79 Å². The second-order valence-corrected chi connectivity index (χ2v) is 6.38. The fourth-order valence-electron chi connectivity index (χ4n) is 3.14. The molecular formula is C20H18N2O4. The number of hydrogen-bond donors (Lipinski definition) is 0. The number of benzene rings is 1. The van der Waals surface area contributed by atoms with Crippen molar-refractivity contribution < 1.29 is 13.9 Å². The summed E-state index contributed by atoms with van der Waals surface area (Å²) in [5.41, 5.74) is 0.792. The van der Waals surface area contributed by atoms with Gasteiger partial charge >= 0.3 is 5.63 Å². The summed E-state index contributed by atoms with van der Waals surface area (Å²) in [6.07, 6.45) is 0.557. The van der Waals surface area contributed by atoms with Crippen molar-refractivity contribution in [1.29, 1.82) is 0 Å². The number of aryl methyl sites for hydroxylation is 1. The number of nitrogens with zero attached hydrogens (tertiary/aromatic N) is 2. The Bertz CT molecular complexity index is 1030. The van der Waals surface area contributed by atoms with Crippen molar-refractivity contribution in [3.8, 4) is 5.88 Å². The maximum atomic E-state index is 12.8. The molecule has 3 heterocycles. The maximum absolute atomic E-state index is 12.8. The Labute approximate surface area is 150 Å². The predicted molar refractivity (Wildman–Crippen MR) is 96.4 cm³/mol. The van der Waals surface area contributed by atoms with Crippen LogP contribution in [0.4, 0.5) is 0 Å². The Morgan fingerprint density at radius 3 is 2.92 bits per heavy atom. The van der Waals surface area contributed by atoms with Crippen LogP contribution in [-0.2, 0) is 0 Å². The van der Waals surface area contributed by atoms with Gasteiger partial charge in [-0.1, -0.05) is 24.3 Å². The molecule has 1 atom stereocenters. The largest absolute Gasteiger partial charge is 0.472 e. The molecule has 26 heavy (non-hydrogen) atoms. The monoisotopic (exact) mass is 350 g/mol. The molecule has 6 heteroatoms. The zero-order chi connectivity index (χ0) is 18.1. The van der Waals surface area contributed by atoms with Crippen molar-refractivity contribution >= 4 is 16.9 Å². The minimum absolute atomic E-state index is 0.0537. The lowest BCUT2D eigenvalue weighted by molar-refractivity contribution is 0.0767. The first-order chi connectivity index (χ1) is 12.6. The van der Waals surface area contributed by atoms with Crippen molar-refractivity contribution in [3.63, 3.8) is 0 Å². The van der Waals surface area contributed by atoms with Crippen LogP contribution >= 0.6 is 0 Å². The first-order valence-electron chi connectivity index (χ1n) is 8.52. The van der Waals surface area contributed by atoms with Crippen molar-refractivity contribution in [1.82, 2.24) is 9.88 Å². The van der Waals surface area contributed by atoms with Gasteiger partial charge in [0.25, 0.3) is 5.91 Å². The molecule has 1 saturated heterocycles. The van der Waals surface area contributed by atoms with Crippen LogP contribution in [0.15, 0.2) is 57.7 Å². The number of hydrogen-bond acceptors (Lipinski definition) is 5. The van der Waals surface area contributed by atoms with Crippen molar-refractivity contribution in [2.45, 2.75) is 19.4 Å². The predicted octanol–water partition coefficient (Wildman–Crippen LogP) is 2.79. The highest BCUT2D eigenvalue weighted by Crippen LogP contribution is 2.19. The van der Waals surface area contributed by atoms with Crippen LogP contribution in [-0.4, -0.2) is 35.0 Å². The number of aromatic nitrogens is 1. The van der Waals surface area contributed by atoms with Crippen LogP contribution < -0.4 is 10.4 Å². The molecule has 0 radical (unpaired) electrons. The molecule has 0 N–H and O–H groups in total. The quantitative estimate of drug-likeness (QED) is 0.679. The molecule has 1 unspecified atom stereocenters. The lowest BCUT2D eigenvalue weighted by Gasteiger charge is -2.16. The van der Waals surface area contributed by atoms with Gasteiger partial charge < -0.3 is 14.1 Å². The first kappa shape index (κ1) is 16.3. The summed E-state index contributed by atoms with van der Waals surface area (Å²) in [7, 11) is 0. The molecule has 4 rings (SSSR count). The summed E-state index contributed by atoms with van der Waals surface area (Å²) in [5.74, 6) is 0.224. The van der Waals surface area contributed by atoms with E-state index in [1.54, 1.807) is 29.2 Å². The Morgan fingerprint density at radius 1 is 1.23 bits per heavy atom. The smallest absolute Gasteiger partial charge is 0.349 e. The van der Waals surface area contributed by atoms with Crippen LogP contribution in [0.3, 0.4) is 0 Å². The van der Waals surface area contributed by atoms with Crippen LogP contribution in [0.5, 0.6) is 5.88 Å². The highest BCUT2D eigenvalue weighted by Gasteiger charge is 2.30.